The summed E-state index contributed by atoms with van der Waals surface area (Å²) >= 11 is 0. The lowest BCUT2D eigenvalue weighted by molar-refractivity contribution is 0.415. The van der Waals surface area contributed by atoms with Crippen molar-refractivity contribution in [3.63, 3.8) is 0 Å². The quantitative estimate of drug-likeness (QED) is 0.899. The molecule has 0 aliphatic heterocycles. The van der Waals surface area contributed by atoms with E-state index in [1.807, 2.05) is 12.1 Å². The Morgan fingerprint density at radius 1 is 1.37 bits per heavy atom. The van der Waals surface area contributed by atoms with E-state index in [0.29, 0.717) is 12.1 Å². The summed E-state index contributed by atoms with van der Waals surface area (Å²) in [6.45, 7) is 4.40. The first-order chi connectivity index (χ1) is 9.22. The summed E-state index contributed by atoms with van der Waals surface area (Å²) in [6, 6.07) is 11.8. The molecular weight excluding hydrogens is 234 g/mol. The second-order valence-corrected chi connectivity index (χ2v) is 5.64. The van der Waals surface area contributed by atoms with Gasteiger partial charge in [0, 0.05) is 18.5 Å². The van der Waals surface area contributed by atoms with Gasteiger partial charge in [0.15, 0.2) is 0 Å². The molecule has 0 amide bonds. The van der Waals surface area contributed by atoms with Crippen molar-refractivity contribution in [2.75, 3.05) is 0 Å². The molecule has 2 nitrogen and oxygen atoms in total. The van der Waals surface area contributed by atoms with Crippen LogP contribution < -0.4 is 5.32 Å². The van der Waals surface area contributed by atoms with Crippen LogP contribution in [0.2, 0.25) is 0 Å². The number of fused-ring (bicyclic) bond motifs is 1. The molecule has 1 aliphatic carbocycles. The van der Waals surface area contributed by atoms with Gasteiger partial charge in [-0.25, -0.2) is 0 Å². The van der Waals surface area contributed by atoms with Gasteiger partial charge < -0.3 is 9.73 Å². The maximum atomic E-state index is 5.42. The maximum Gasteiger partial charge on any atom is 0.105 e. The predicted molar refractivity (Wildman–Crippen MR) is 77.3 cm³/mol. The number of aryl methyl sites for hydroxylation is 2. The molecule has 2 heteroatoms. The smallest absolute Gasteiger partial charge is 0.105 e. The molecule has 1 aromatic heterocycles. The Bertz CT molecular complexity index is 544. The van der Waals surface area contributed by atoms with E-state index in [1.54, 1.807) is 6.26 Å². The van der Waals surface area contributed by atoms with Crippen LogP contribution in [0.3, 0.4) is 0 Å². The lowest BCUT2D eigenvalue weighted by Gasteiger charge is -2.20. The van der Waals surface area contributed by atoms with Crippen LogP contribution in [0.1, 0.15) is 41.8 Å². The van der Waals surface area contributed by atoms with E-state index in [4.69, 9.17) is 4.42 Å². The highest BCUT2D eigenvalue weighted by atomic mass is 16.3. The number of furan rings is 1. The third-order valence-electron chi connectivity index (χ3n) is 3.95. The van der Waals surface area contributed by atoms with Crippen molar-refractivity contribution in [1.29, 1.82) is 0 Å². The van der Waals surface area contributed by atoms with Gasteiger partial charge in [-0.2, -0.15) is 0 Å². The molecule has 1 aromatic carbocycles. The fourth-order valence-corrected chi connectivity index (χ4v) is 3.03. The molecule has 0 radical (unpaired) electrons. The van der Waals surface area contributed by atoms with Crippen LogP contribution in [-0.4, -0.2) is 6.04 Å². The lowest BCUT2D eigenvalue weighted by Crippen LogP contribution is -2.31. The van der Waals surface area contributed by atoms with E-state index >= 15 is 0 Å². The molecule has 0 saturated carbocycles. The lowest BCUT2D eigenvalue weighted by atomic mass is 10.0. The van der Waals surface area contributed by atoms with Crippen LogP contribution in [0.15, 0.2) is 41.0 Å². The van der Waals surface area contributed by atoms with E-state index in [1.165, 1.54) is 29.5 Å². The molecule has 2 unspecified atom stereocenters. The average molecular weight is 255 g/mol. The minimum atomic E-state index is 0.433. The summed E-state index contributed by atoms with van der Waals surface area (Å²) in [5.41, 5.74) is 4.35. The van der Waals surface area contributed by atoms with Crippen molar-refractivity contribution in [2.45, 2.75) is 45.2 Å². The molecule has 100 valence electrons. The van der Waals surface area contributed by atoms with E-state index in [9.17, 15) is 0 Å². The Balaban J connectivity index is 1.67. The first-order valence-electron chi connectivity index (χ1n) is 7.10. The Morgan fingerprint density at radius 2 is 2.26 bits per heavy atom. The Hall–Kier alpha value is -1.54. The summed E-state index contributed by atoms with van der Waals surface area (Å²) in [7, 11) is 0. The summed E-state index contributed by atoms with van der Waals surface area (Å²) in [5.74, 6) is 1.06. The zero-order valence-corrected chi connectivity index (χ0v) is 11.6. The van der Waals surface area contributed by atoms with Crippen molar-refractivity contribution in [1.82, 2.24) is 5.32 Å². The van der Waals surface area contributed by atoms with Crippen LogP contribution >= 0.6 is 0 Å². The van der Waals surface area contributed by atoms with Gasteiger partial charge in [0.05, 0.1) is 6.26 Å². The summed E-state index contributed by atoms with van der Waals surface area (Å²) < 4.78 is 5.42. The van der Waals surface area contributed by atoms with E-state index in [-0.39, 0.29) is 0 Å². The Labute approximate surface area is 114 Å². The zero-order valence-electron chi connectivity index (χ0n) is 11.6. The highest BCUT2D eigenvalue weighted by Gasteiger charge is 2.23. The monoisotopic (exact) mass is 255 g/mol. The fourth-order valence-electron chi connectivity index (χ4n) is 3.03. The van der Waals surface area contributed by atoms with Crippen LogP contribution in [0.4, 0.5) is 0 Å². The molecule has 1 heterocycles. The van der Waals surface area contributed by atoms with Crippen molar-refractivity contribution in [3.8, 4) is 0 Å². The Kier molecular flexibility index (Phi) is 3.43. The normalized spacial score (nSPS) is 19.4. The number of rotatable bonds is 4. The summed E-state index contributed by atoms with van der Waals surface area (Å²) in [6.07, 6.45) is 5.10. The molecule has 3 rings (SSSR count). The van der Waals surface area contributed by atoms with Gasteiger partial charge in [-0.15, -0.1) is 0 Å². The molecule has 1 aliphatic rings. The molecule has 0 fully saturated rings. The highest BCUT2D eigenvalue weighted by molar-refractivity contribution is 5.37. The van der Waals surface area contributed by atoms with Crippen molar-refractivity contribution < 1.29 is 4.42 Å². The van der Waals surface area contributed by atoms with Crippen LogP contribution in [0.5, 0.6) is 0 Å². The second kappa shape index (κ2) is 5.22. The molecule has 1 N–H and O–H groups in total. The second-order valence-electron chi connectivity index (χ2n) is 5.64. The van der Waals surface area contributed by atoms with Crippen molar-refractivity contribution in [3.05, 3.63) is 59.0 Å². The number of hydrogen-bond acceptors (Lipinski definition) is 2. The number of benzene rings is 1. The van der Waals surface area contributed by atoms with Gasteiger partial charge >= 0.3 is 0 Å². The third kappa shape index (κ3) is 2.74. The molecular formula is C17H21NO. The molecule has 0 spiro atoms. The average Bonchev–Trinajstić information content (AvgIpc) is 3.00. The largest absolute Gasteiger partial charge is 0.469 e. The van der Waals surface area contributed by atoms with Gasteiger partial charge in [0.1, 0.15) is 5.76 Å². The van der Waals surface area contributed by atoms with Crippen LogP contribution in [0.25, 0.3) is 0 Å². The van der Waals surface area contributed by atoms with Crippen LogP contribution in [0, 0.1) is 6.92 Å². The van der Waals surface area contributed by atoms with E-state index < -0.39 is 0 Å². The zero-order chi connectivity index (χ0) is 13.2. The van der Waals surface area contributed by atoms with E-state index in [0.717, 1.165) is 12.2 Å². The fraction of sp³-hybridized carbons (Fsp3) is 0.412. The van der Waals surface area contributed by atoms with E-state index in [2.05, 4.69) is 37.4 Å². The van der Waals surface area contributed by atoms with Gasteiger partial charge in [-0.1, -0.05) is 23.8 Å². The van der Waals surface area contributed by atoms with Crippen molar-refractivity contribution >= 4 is 0 Å². The third-order valence-corrected chi connectivity index (χ3v) is 3.95. The highest BCUT2D eigenvalue weighted by Crippen LogP contribution is 2.32. The molecule has 2 aromatic rings. The molecule has 0 bridgehead atoms. The topological polar surface area (TPSA) is 25.2 Å². The molecule has 0 saturated heterocycles. The minimum Gasteiger partial charge on any atom is -0.469 e. The Morgan fingerprint density at radius 3 is 3.05 bits per heavy atom. The van der Waals surface area contributed by atoms with Gasteiger partial charge in [0.25, 0.3) is 0 Å². The van der Waals surface area contributed by atoms with Crippen molar-refractivity contribution in [2.24, 2.45) is 0 Å². The number of nitrogens with one attached hydrogen (secondary N) is 1. The minimum absolute atomic E-state index is 0.433. The maximum absolute atomic E-state index is 5.42. The van der Waals surface area contributed by atoms with Crippen LogP contribution in [-0.2, 0) is 12.8 Å². The van der Waals surface area contributed by atoms with Gasteiger partial charge in [-0.05, 0) is 49.9 Å². The first kappa shape index (κ1) is 12.5. The molecule has 19 heavy (non-hydrogen) atoms. The molecule has 2 atom stereocenters. The summed E-state index contributed by atoms with van der Waals surface area (Å²) in [5, 5.41) is 3.74. The van der Waals surface area contributed by atoms with Gasteiger partial charge in [-0.3, -0.25) is 0 Å². The predicted octanol–water partition coefficient (Wildman–Crippen LogP) is 3.80. The summed E-state index contributed by atoms with van der Waals surface area (Å²) in [4.78, 5) is 0. The number of hydrogen-bond donors (Lipinski definition) is 1. The SMILES string of the molecule is Cc1ccc2c(c1)C(NC(C)Cc1ccco1)CC2. The standard InChI is InChI=1S/C17H21NO/c1-12-5-6-14-7-8-17(16(14)10-12)18-13(2)11-15-4-3-9-19-15/h3-6,9-10,13,17-18H,7-8,11H2,1-2H3. The first-order valence-corrected chi connectivity index (χ1v) is 7.10. The van der Waals surface area contributed by atoms with Gasteiger partial charge in [0.2, 0.25) is 0 Å².